The standard InChI is InChI=1S/C15H21NO2S/c1-19-15(7-2-3-8-15)11-16-10-12-5-4-6-13(9-12)14(17)18/h4-6,9,16H,2-3,7-8,10-11H2,1H3,(H,17,18). The minimum atomic E-state index is -0.863. The van der Waals surface area contributed by atoms with Gasteiger partial charge in [0.05, 0.1) is 5.56 Å². The van der Waals surface area contributed by atoms with Gasteiger partial charge in [-0.15, -0.1) is 0 Å². The van der Waals surface area contributed by atoms with Crippen molar-refractivity contribution < 1.29 is 9.90 Å². The molecule has 0 atom stereocenters. The van der Waals surface area contributed by atoms with E-state index in [1.807, 2.05) is 17.8 Å². The summed E-state index contributed by atoms with van der Waals surface area (Å²) < 4.78 is 0.393. The van der Waals surface area contributed by atoms with E-state index < -0.39 is 5.97 Å². The van der Waals surface area contributed by atoms with Crippen molar-refractivity contribution in [3.63, 3.8) is 0 Å². The number of nitrogens with one attached hydrogen (secondary N) is 1. The first kappa shape index (κ1) is 14.4. The van der Waals surface area contributed by atoms with Gasteiger partial charge in [0, 0.05) is 17.8 Å². The summed E-state index contributed by atoms with van der Waals surface area (Å²) in [6.45, 7) is 1.74. The van der Waals surface area contributed by atoms with Gasteiger partial charge < -0.3 is 10.4 Å². The fourth-order valence-electron chi connectivity index (χ4n) is 2.72. The van der Waals surface area contributed by atoms with E-state index in [0.29, 0.717) is 10.3 Å². The number of aromatic carboxylic acids is 1. The second-order valence-electron chi connectivity index (χ2n) is 5.20. The van der Waals surface area contributed by atoms with Crippen LogP contribution in [0.15, 0.2) is 24.3 Å². The van der Waals surface area contributed by atoms with Crippen LogP contribution in [0.4, 0.5) is 0 Å². The van der Waals surface area contributed by atoms with Crippen LogP contribution in [-0.2, 0) is 6.54 Å². The van der Waals surface area contributed by atoms with Crippen molar-refractivity contribution in [2.45, 2.75) is 37.0 Å². The first-order valence-corrected chi connectivity index (χ1v) is 7.96. The molecule has 1 aromatic carbocycles. The van der Waals surface area contributed by atoms with Crippen LogP contribution in [0, 0.1) is 0 Å². The third-order valence-electron chi connectivity index (χ3n) is 3.90. The lowest BCUT2D eigenvalue weighted by molar-refractivity contribution is 0.0696. The Bertz CT molecular complexity index is 442. The zero-order chi connectivity index (χ0) is 13.7. The van der Waals surface area contributed by atoms with Crippen molar-refractivity contribution in [1.82, 2.24) is 5.32 Å². The highest BCUT2D eigenvalue weighted by Crippen LogP contribution is 2.39. The summed E-state index contributed by atoms with van der Waals surface area (Å²) in [5, 5.41) is 12.5. The van der Waals surface area contributed by atoms with E-state index in [1.165, 1.54) is 25.7 Å². The normalized spacial score (nSPS) is 17.5. The highest BCUT2D eigenvalue weighted by atomic mass is 32.2. The van der Waals surface area contributed by atoms with Crippen LogP contribution < -0.4 is 5.32 Å². The smallest absolute Gasteiger partial charge is 0.335 e. The zero-order valence-corrected chi connectivity index (χ0v) is 12.1. The van der Waals surface area contributed by atoms with E-state index in [-0.39, 0.29) is 0 Å². The highest BCUT2D eigenvalue weighted by molar-refractivity contribution is 8.00. The maximum absolute atomic E-state index is 10.9. The number of hydrogen-bond acceptors (Lipinski definition) is 3. The summed E-state index contributed by atoms with van der Waals surface area (Å²) in [5.74, 6) is -0.863. The molecule has 19 heavy (non-hydrogen) atoms. The molecule has 0 heterocycles. The Labute approximate surface area is 118 Å². The minimum absolute atomic E-state index is 0.361. The summed E-state index contributed by atoms with van der Waals surface area (Å²) in [5.41, 5.74) is 1.40. The monoisotopic (exact) mass is 279 g/mol. The molecule has 2 rings (SSSR count). The zero-order valence-electron chi connectivity index (χ0n) is 11.3. The summed E-state index contributed by atoms with van der Waals surface area (Å²) in [7, 11) is 0. The number of thioether (sulfide) groups is 1. The molecule has 1 fully saturated rings. The molecular weight excluding hydrogens is 258 g/mol. The number of rotatable bonds is 6. The van der Waals surface area contributed by atoms with E-state index in [1.54, 1.807) is 18.2 Å². The van der Waals surface area contributed by atoms with E-state index in [9.17, 15) is 4.79 Å². The van der Waals surface area contributed by atoms with E-state index >= 15 is 0 Å². The highest BCUT2D eigenvalue weighted by Gasteiger charge is 2.32. The number of carbonyl (C=O) groups is 1. The average Bonchev–Trinajstić information content (AvgIpc) is 2.88. The SMILES string of the molecule is CSC1(CNCc2cccc(C(=O)O)c2)CCCC1. The largest absolute Gasteiger partial charge is 0.478 e. The maximum Gasteiger partial charge on any atom is 0.335 e. The Kier molecular flexibility index (Phi) is 4.88. The van der Waals surface area contributed by atoms with Crippen LogP contribution in [0.1, 0.15) is 41.6 Å². The van der Waals surface area contributed by atoms with Crippen LogP contribution >= 0.6 is 11.8 Å². The Morgan fingerprint density at radius 3 is 2.79 bits per heavy atom. The predicted molar refractivity (Wildman–Crippen MR) is 79.8 cm³/mol. The van der Waals surface area contributed by atoms with Crippen LogP contribution in [0.5, 0.6) is 0 Å². The van der Waals surface area contributed by atoms with Gasteiger partial charge in [-0.25, -0.2) is 4.79 Å². The van der Waals surface area contributed by atoms with Gasteiger partial charge in [-0.2, -0.15) is 11.8 Å². The molecule has 1 saturated carbocycles. The van der Waals surface area contributed by atoms with Crippen LogP contribution in [0.3, 0.4) is 0 Å². The van der Waals surface area contributed by atoms with Gasteiger partial charge in [-0.05, 0) is 36.8 Å². The summed E-state index contributed by atoms with van der Waals surface area (Å²) in [6, 6.07) is 7.15. The van der Waals surface area contributed by atoms with Crippen molar-refractivity contribution in [1.29, 1.82) is 0 Å². The lowest BCUT2D eigenvalue weighted by atomic mass is 10.1. The second-order valence-corrected chi connectivity index (χ2v) is 6.48. The molecule has 4 heteroatoms. The fraction of sp³-hybridized carbons (Fsp3) is 0.533. The molecule has 104 valence electrons. The number of carboxylic acids is 1. The Morgan fingerprint density at radius 1 is 1.42 bits per heavy atom. The van der Waals surface area contributed by atoms with E-state index in [4.69, 9.17) is 5.11 Å². The van der Waals surface area contributed by atoms with Crippen molar-refractivity contribution in [3.05, 3.63) is 35.4 Å². The lowest BCUT2D eigenvalue weighted by Crippen LogP contribution is -2.34. The lowest BCUT2D eigenvalue weighted by Gasteiger charge is -2.27. The van der Waals surface area contributed by atoms with Gasteiger partial charge in [0.15, 0.2) is 0 Å². The quantitative estimate of drug-likeness (QED) is 0.840. The maximum atomic E-state index is 10.9. The third kappa shape index (κ3) is 3.74. The second kappa shape index (κ2) is 6.44. The molecule has 2 N–H and O–H groups in total. The van der Waals surface area contributed by atoms with Gasteiger partial charge in [-0.1, -0.05) is 25.0 Å². The number of carboxylic acid groups (broad SMARTS) is 1. The Hall–Kier alpha value is -1.00. The summed E-state index contributed by atoms with van der Waals surface area (Å²) >= 11 is 1.97. The van der Waals surface area contributed by atoms with Crippen molar-refractivity contribution >= 4 is 17.7 Å². The van der Waals surface area contributed by atoms with E-state index in [0.717, 1.165) is 18.7 Å². The first-order chi connectivity index (χ1) is 9.15. The topological polar surface area (TPSA) is 49.3 Å². The van der Waals surface area contributed by atoms with Crippen LogP contribution in [-0.4, -0.2) is 28.6 Å². The third-order valence-corrected chi connectivity index (χ3v) is 5.32. The molecular formula is C15H21NO2S. The molecule has 0 saturated heterocycles. The van der Waals surface area contributed by atoms with Crippen molar-refractivity contribution in [2.24, 2.45) is 0 Å². The van der Waals surface area contributed by atoms with Crippen molar-refractivity contribution in [3.8, 4) is 0 Å². The fourth-order valence-corrected chi connectivity index (χ4v) is 3.66. The minimum Gasteiger partial charge on any atom is -0.478 e. The van der Waals surface area contributed by atoms with Gasteiger partial charge in [0.1, 0.15) is 0 Å². The average molecular weight is 279 g/mol. The van der Waals surface area contributed by atoms with E-state index in [2.05, 4.69) is 11.6 Å². The van der Waals surface area contributed by atoms with Gasteiger partial charge >= 0.3 is 5.97 Å². The molecule has 0 aromatic heterocycles. The van der Waals surface area contributed by atoms with Crippen LogP contribution in [0.2, 0.25) is 0 Å². The molecule has 0 radical (unpaired) electrons. The molecule has 0 amide bonds. The molecule has 0 unspecified atom stereocenters. The number of benzene rings is 1. The Balaban J connectivity index is 1.88. The number of hydrogen-bond donors (Lipinski definition) is 2. The molecule has 3 nitrogen and oxygen atoms in total. The molecule has 1 aliphatic rings. The van der Waals surface area contributed by atoms with Gasteiger partial charge in [-0.3, -0.25) is 0 Å². The molecule has 0 spiro atoms. The van der Waals surface area contributed by atoms with Gasteiger partial charge in [0.25, 0.3) is 0 Å². The summed E-state index contributed by atoms with van der Waals surface area (Å²) in [6.07, 6.45) is 7.43. The Morgan fingerprint density at radius 2 is 2.16 bits per heavy atom. The summed E-state index contributed by atoms with van der Waals surface area (Å²) in [4.78, 5) is 10.9. The molecule has 0 aliphatic heterocycles. The first-order valence-electron chi connectivity index (χ1n) is 6.73. The molecule has 1 aliphatic carbocycles. The molecule has 0 bridgehead atoms. The van der Waals surface area contributed by atoms with Crippen LogP contribution in [0.25, 0.3) is 0 Å². The predicted octanol–water partition coefficient (Wildman–Crippen LogP) is 3.15. The van der Waals surface area contributed by atoms with Gasteiger partial charge in [0.2, 0.25) is 0 Å². The van der Waals surface area contributed by atoms with Crippen molar-refractivity contribution in [2.75, 3.05) is 12.8 Å². The molecule has 1 aromatic rings.